The lowest BCUT2D eigenvalue weighted by Crippen LogP contribution is -2.37. The second-order valence-corrected chi connectivity index (χ2v) is 5.76. The van der Waals surface area contributed by atoms with Crippen molar-refractivity contribution in [2.24, 2.45) is 0 Å². The molecule has 1 saturated heterocycles. The Morgan fingerprint density at radius 1 is 1.30 bits per heavy atom. The van der Waals surface area contributed by atoms with E-state index in [0.29, 0.717) is 22.8 Å². The third-order valence-electron chi connectivity index (χ3n) is 3.15. The van der Waals surface area contributed by atoms with Gasteiger partial charge in [0.1, 0.15) is 0 Å². The van der Waals surface area contributed by atoms with Crippen LogP contribution in [0.1, 0.15) is 32.7 Å². The maximum absolute atomic E-state index is 12.3. The van der Waals surface area contributed by atoms with Gasteiger partial charge in [0.2, 0.25) is 5.91 Å². The summed E-state index contributed by atoms with van der Waals surface area (Å²) in [5.74, 6) is -0.355. The molecule has 7 heteroatoms. The molecule has 2 heterocycles. The highest BCUT2D eigenvalue weighted by atomic mass is 32.1. The van der Waals surface area contributed by atoms with Gasteiger partial charge in [-0.2, -0.15) is 0 Å². The Bertz CT molecular complexity index is 541. The van der Waals surface area contributed by atoms with Gasteiger partial charge in [-0.05, 0) is 18.6 Å². The van der Waals surface area contributed by atoms with Gasteiger partial charge in [0, 0.05) is 33.1 Å². The first kappa shape index (κ1) is 14.5. The molecule has 3 amide bonds. The molecule has 20 heavy (non-hydrogen) atoms. The standard InChI is InChI=1S/C13H17N3O3S/c1-8(17)15-9-5-6-16(7-9)13(19)11-4-3-10(20-11)12(18)14-2/h3-4,9H,5-7H2,1-2H3,(H,14,18)(H,15,17). The molecule has 1 aromatic heterocycles. The molecule has 6 nitrogen and oxygen atoms in total. The number of rotatable bonds is 3. The van der Waals surface area contributed by atoms with Gasteiger partial charge in [0.25, 0.3) is 11.8 Å². The minimum Gasteiger partial charge on any atom is -0.354 e. The lowest BCUT2D eigenvalue weighted by atomic mass is 10.2. The highest BCUT2D eigenvalue weighted by molar-refractivity contribution is 7.15. The van der Waals surface area contributed by atoms with Crippen LogP contribution < -0.4 is 10.6 Å². The van der Waals surface area contributed by atoms with Crippen molar-refractivity contribution in [2.45, 2.75) is 19.4 Å². The number of nitrogens with zero attached hydrogens (tertiary/aromatic N) is 1. The molecule has 1 aliphatic heterocycles. The van der Waals surface area contributed by atoms with Crippen LogP contribution >= 0.6 is 11.3 Å². The van der Waals surface area contributed by atoms with Crippen molar-refractivity contribution < 1.29 is 14.4 Å². The van der Waals surface area contributed by atoms with Crippen LogP contribution in [0.15, 0.2) is 12.1 Å². The molecule has 0 aliphatic carbocycles. The van der Waals surface area contributed by atoms with E-state index in [1.54, 1.807) is 24.1 Å². The quantitative estimate of drug-likeness (QED) is 0.850. The lowest BCUT2D eigenvalue weighted by molar-refractivity contribution is -0.119. The summed E-state index contributed by atoms with van der Waals surface area (Å²) in [4.78, 5) is 37.5. The summed E-state index contributed by atoms with van der Waals surface area (Å²) in [6.45, 7) is 2.61. The number of likely N-dealkylation sites (tertiary alicyclic amines) is 1. The average molecular weight is 295 g/mol. The summed E-state index contributed by atoms with van der Waals surface area (Å²) in [5.41, 5.74) is 0. The van der Waals surface area contributed by atoms with E-state index in [1.807, 2.05) is 0 Å². The molecular formula is C13H17N3O3S. The molecule has 1 aliphatic rings. The van der Waals surface area contributed by atoms with Gasteiger partial charge < -0.3 is 15.5 Å². The number of carbonyl (C=O) groups excluding carboxylic acids is 3. The summed E-state index contributed by atoms with van der Waals surface area (Å²) in [6, 6.07) is 3.34. The van der Waals surface area contributed by atoms with Crippen LogP contribution in [-0.4, -0.2) is 48.8 Å². The number of hydrogen-bond donors (Lipinski definition) is 2. The molecule has 1 unspecified atom stereocenters. The molecule has 2 rings (SSSR count). The molecule has 2 N–H and O–H groups in total. The Morgan fingerprint density at radius 2 is 2.00 bits per heavy atom. The van der Waals surface area contributed by atoms with E-state index in [1.165, 1.54) is 18.3 Å². The molecule has 1 aromatic rings. The Balaban J connectivity index is 2.00. The zero-order chi connectivity index (χ0) is 14.7. The molecule has 1 atom stereocenters. The topological polar surface area (TPSA) is 78.5 Å². The molecule has 0 radical (unpaired) electrons. The maximum atomic E-state index is 12.3. The van der Waals surface area contributed by atoms with Crippen molar-refractivity contribution >= 4 is 29.1 Å². The average Bonchev–Trinajstić information content (AvgIpc) is 3.05. The Hall–Kier alpha value is -1.89. The van der Waals surface area contributed by atoms with Crippen molar-refractivity contribution in [1.29, 1.82) is 0 Å². The van der Waals surface area contributed by atoms with Crippen molar-refractivity contribution in [3.63, 3.8) is 0 Å². The molecule has 0 spiro atoms. The van der Waals surface area contributed by atoms with Crippen LogP contribution in [0.3, 0.4) is 0 Å². The highest BCUT2D eigenvalue weighted by Gasteiger charge is 2.28. The first-order valence-corrected chi connectivity index (χ1v) is 7.21. The van der Waals surface area contributed by atoms with Gasteiger partial charge in [-0.1, -0.05) is 0 Å². The predicted molar refractivity (Wildman–Crippen MR) is 75.8 cm³/mol. The summed E-state index contributed by atoms with van der Waals surface area (Å²) < 4.78 is 0. The van der Waals surface area contributed by atoms with E-state index in [-0.39, 0.29) is 23.8 Å². The smallest absolute Gasteiger partial charge is 0.264 e. The van der Waals surface area contributed by atoms with Gasteiger partial charge in [0.15, 0.2) is 0 Å². The minimum atomic E-state index is -0.188. The van der Waals surface area contributed by atoms with Crippen molar-refractivity contribution in [1.82, 2.24) is 15.5 Å². The van der Waals surface area contributed by atoms with Crippen molar-refractivity contribution in [3.8, 4) is 0 Å². The monoisotopic (exact) mass is 295 g/mol. The van der Waals surface area contributed by atoms with E-state index in [4.69, 9.17) is 0 Å². The zero-order valence-corrected chi connectivity index (χ0v) is 12.3. The SMILES string of the molecule is CNC(=O)c1ccc(C(=O)N2CCC(NC(C)=O)C2)s1. The van der Waals surface area contributed by atoms with Gasteiger partial charge >= 0.3 is 0 Å². The Morgan fingerprint density at radius 3 is 2.65 bits per heavy atom. The molecule has 108 valence electrons. The van der Waals surface area contributed by atoms with E-state index in [9.17, 15) is 14.4 Å². The van der Waals surface area contributed by atoms with E-state index >= 15 is 0 Å². The number of nitrogens with one attached hydrogen (secondary N) is 2. The molecule has 0 bridgehead atoms. The summed E-state index contributed by atoms with van der Waals surface area (Å²) in [5, 5.41) is 5.35. The lowest BCUT2D eigenvalue weighted by Gasteiger charge is -2.15. The van der Waals surface area contributed by atoms with Gasteiger partial charge in [-0.3, -0.25) is 14.4 Å². The predicted octanol–water partition coefficient (Wildman–Crippen LogP) is 0.458. The molecular weight excluding hydrogens is 278 g/mol. The Labute approximate surface area is 121 Å². The minimum absolute atomic E-state index is 0.0230. The molecule has 0 saturated carbocycles. The Kier molecular flexibility index (Phi) is 4.39. The van der Waals surface area contributed by atoms with Crippen LogP contribution in [0, 0.1) is 0 Å². The van der Waals surface area contributed by atoms with Crippen molar-refractivity contribution in [2.75, 3.05) is 20.1 Å². The second-order valence-electron chi connectivity index (χ2n) is 4.68. The zero-order valence-electron chi connectivity index (χ0n) is 11.4. The van der Waals surface area contributed by atoms with Crippen LogP contribution in [0.5, 0.6) is 0 Å². The number of carbonyl (C=O) groups is 3. The first-order valence-electron chi connectivity index (χ1n) is 6.39. The van der Waals surface area contributed by atoms with Crippen LogP contribution in [0.2, 0.25) is 0 Å². The van der Waals surface area contributed by atoms with Gasteiger partial charge in [-0.15, -0.1) is 11.3 Å². The van der Waals surface area contributed by atoms with Crippen molar-refractivity contribution in [3.05, 3.63) is 21.9 Å². The third kappa shape index (κ3) is 3.16. The third-order valence-corrected chi connectivity index (χ3v) is 4.22. The number of hydrogen-bond acceptors (Lipinski definition) is 4. The van der Waals surface area contributed by atoms with Crippen LogP contribution in [0.25, 0.3) is 0 Å². The largest absolute Gasteiger partial charge is 0.354 e. The number of thiophene rings is 1. The summed E-state index contributed by atoms with van der Waals surface area (Å²) in [7, 11) is 1.56. The molecule has 1 fully saturated rings. The van der Waals surface area contributed by atoms with E-state index < -0.39 is 0 Å². The highest BCUT2D eigenvalue weighted by Crippen LogP contribution is 2.20. The number of amides is 3. The fraction of sp³-hybridized carbons (Fsp3) is 0.462. The molecule has 0 aromatic carbocycles. The second kappa shape index (κ2) is 6.04. The fourth-order valence-corrected chi connectivity index (χ4v) is 3.12. The van der Waals surface area contributed by atoms with E-state index in [2.05, 4.69) is 10.6 Å². The fourth-order valence-electron chi connectivity index (χ4n) is 2.20. The summed E-state index contributed by atoms with van der Waals surface area (Å²) >= 11 is 1.19. The van der Waals surface area contributed by atoms with E-state index in [0.717, 1.165) is 6.42 Å². The van der Waals surface area contributed by atoms with Crippen LogP contribution in [-0.2, 0) is 4.79 Å². The van der Waals surface area contributed by atoms with Gasteiger partial charge in [-0.25, -0.2) is 0 Å². The normalized spacial score (nSPS) is 17.9. The first-order chi connectivity index (χ1) is 9.51. The maximum Gasteiger partial charge on any atom is 0.264 e. The summed E-state index contributed by atoms with van der Waals surface area (Å²) in [6.07, 6.45) is 0.763. The van der Waals surface area contributed by atoms with Crippen LogP contribution in [0.4, 0.5) is 0 Å². The van der Waals surface area contributed by atoms with Gasteiger partial charge in [0.05, 0.1) is 9.75 Å².